The lowest BCUT2D eigenvalue weighted by atomic mass is 10.1. The number of nitrogens with one attached hydrogen (secondary N) is 1. The van der Waals surface area contributed by atoms with Crippen LogP contribution in [0.2, 0.25) is 0 Å². The highest BCUT2D eigenvalue weighted by atomic mass is 79.9. The summed E-state index contributed by atoms with van der Waals surface area (Å²) in [5, 5.41) is 13.4. The van der Waals surface area contributed by atoms with Crippen LogP contribution in [0.5, 0.6) is 5.75 Å². The average molecular weight is 327 g/mol. The summed E-state index contributed by atoms with van der Waals surface area (Å²) in [6.07, 6.45) is 0. The minimum atomic E-state index is 0.295. The second kappa shape index (κ2) is 4.21. The van der Waals surface area contributed by atoms with Gasteiger partial charge in [0.15, 0.2) is 0 Å². The van der Waals surface area contributed by atoms with E-state index in [0.29, 0.717) is 12.3 Å². The summed E-state index contributed by atoms with van der Waals surface area (Å²) in [4.78, 5) is 7.81. The molecule has 0 bridgehead atoms. The number of para-hydroxylation sites is 1. The molecule has 4 rings (SSSR count). The largest absolute Gasteiger partial charge is 0.505 e. The first kappa shape index (κ1) is 11.7. The molecule has 3 nitrogen and oxygen atoms in total. The minimum absolute atomic E-state index is 0.295. The number of fused-ring (bicyclic) bond motifs is 2. The molecule has 0 radical (unpaired) electrons. The number of H-pyrrole nitrogens is 1. The van der Waals surface area contributed by atoms with Crippen LogP contribution in [0, 0.1) is 0 Å². The van der Waals surface area contributed by atoms with Crippen molar-refractivity contribution in [3.05, 3.63) is 63.2 Å². The quantitative estimate of drug-likeness (QED) is 0.709. The van der Waals surface area contributed by atoms with Gasteiger partial charge >= 0.3 is 0 Å². The molecule has 1 aromatic heterocycles. The lowest BCUT2D eigenvalue weighted by Crippen LogP contribution is -2.22. The molecule has 1 aliphatic rings. The average Bonchev–Trinajstić information content (AvgIpc) is 3.01. The van der Waals surface area contributed by atoms with E-state index in [9.17, 15) is 5.11 Å². The number of halogens is 1. The van der Waals surface area contributed by atoms with Crippen LogP contribution in [0.15, 0.2) is 51.9 Å². The van der Waals surface area contributed by atoms with E-state index in [1.54, 1.807) is 0 Å². The van der Waals surface area contributed by atoms with E-state index >= 15 is 0 Å². The fourth-order valence-corrected chi connectivity index (χ4v) is 3.06. The van der Waals surface area contributed by atoms with Crippen molar-refractivity contribution in [3.8, 4) is 5.75 Å². The Labute approximate surface area is 123 Å². The molecular formula is C16H11BrN2O. The van der Waals surface area contributed by atoms with E-state index in [2.05, 4.69) is 25.9 Å². The Balaban J connectivity index is 2.06. The van der Waals surface area contributed by atoms with Crippen molar-refractivity contribution >= 4 is 32.4 Å². The first-order chi connectivity index (χ1) is 9.74. The fraction of sp³-hybridized carbons (Fsp3) is 0.0625. The van der Waals surface area contributed by atoms with Crippen molar-refractivity contribution in [2.24, 2.45) is 4.99 Å². The number of rotatable bonds is 1. The number of aromatic hydroxyl groups is 1. The molecule has 2 heterocycles. The molecule has 0 unspecified atom stereocenters. The molecular weight excluding hydrogens is 316 g/mol. The maximum atomic E-state index is 10.5. The standard InChI is InChI=1S/C16H11BrN2O/c17-9-5-6-14-11(7-9)16(20)15(19-14)12-8-18-13-4-2-1-3-10(12)13/h1-7,19-20H,8H2. The summed E-state index contributed by atoms with van der Waals surface area (Å²) in [5.74, 6) is 0.295. The molecule has 0 atom stereocenters. The van der Waals surface area contributed by atoms with Crippen LogP contribution >= 0.6 is 15.9 Å². The number of aromatic nitrogens is 1. The Kier molecular flexibility index (Phi) is 2.47. The van der Waals surface area contributed by atoms with Gasteiger partial charge in [-0.1, -0.05) is 34.1 Å². The van der Waals surface area contributed by atoms with Gasteiger partial charge < -0.3 is 10.1 Å². The van der Waals surface area contributed by atoms with Crippen LogP contribution in [0.1, 0.15) is 5.69 Å². The Morgan fingerprint density at radius 1 is 1.15 bits per heavy atom. The molecule has 0 spiro atoms. The molecule has 0 fully saturated rings. The summed E-state index contributed by atoms with van der Waals surface area (Å²) in [7, 11) is 0. The van der Waals surface area contributed by atoms with E-state index in [0.717, 1.165) is 37.2 Å². The van der Waals surface area contributed by atoms with Gasteiger partial charge in [-0.2, -0.15) is 0 Å². The molecule has 4 heteroatoms. The van der Waals surface area contributed by atoms with Crippen molar-refractivity contribution in [2.45, 2.75) is 0 Å². The molecule has 98 valence electrons. The van der Waals surface area contributed by atoms with Crippen molar-refractivity contribution < 1.29 is 5.11 Å². The molecule has 0 saturated carbocycles. The Morgan fingerprint density at radius 3 is 2.90 bits per heavy atom. The number of benzene rings is 2. The maximum absolute atomic E-state index is 10.5. The monoisotopic (exact) mass is 326 g/mol. The fourth-order valence-electron chi connectivity index (χ4n) is 2.70. The van der Waals surface area contributed by atoms with Gasteiger partial charge in [0.2, 0.25) is 0 Å². The third-order valence-corrected chi connectivity index (χ3v) is 4.16. The summed E-state index contributed by atoms with van der Waals surface area (Å²) < 4.78 is 0.951. The van der Waals surface area contributed by atoms with E-state index < -0.39 is 0 Å². The maximum Gasteiger partial charge on any atom is 0.148 e. The van der Waals surface area contributed by atoms with E-state index in [-0.39, 0.29) is 0 Å². The van der Waals surface area contributed by atoms with Gasteiger partial charge in [0, 0.05) is 26.2 Å². The van der Waals surface area contributed by atoms with E-state index in [1.807, 2.05) is 42.5 Å². The third-order valence-electron chi connectivity index (χ3n) is 3.67. The molecule has 20 heavy (non-hydrogen) atoms. The van der Waals surface area contributed by atoms with Crippen molar-refractivity contribution in [3.63, 3.8) is 0 Å². The number of hydrogen-bond donors (Lipinski definition) is 2. The van der Waals surface area contributed by atoms with E-state index in [4.69, 9.17) is 0 Å². The zero-order chi connectivity index (χ0) is 13.7. The number of nitrogens with zero attached hydrogens (tertiary/aromatic N) is 1. The highest BCUT2D eigenvalue weighted by molar-refractivity contribution is 9.10. The van der Waals surface area contributed by atoms with Crippen molar-refractivity contribution in [1.82, 2.24) is 4.98 Å². The first-order valence-corrected chi connectivity index (χ1v) is 7.16. The first-order valence-electron chi connectivity index (χ1n) is 6.37. The number of aromatic amines is 1. The molecule has 0 aliphatic carbocycles. The highest BCUT2D eigenvalue weighted by Gasteiger charge is 2.17. The van der Waals surface area contributed by atoms with Gasteiger partial charge in [-0.05, 0) is 24.3 Å². The van der Waals surface area contributed by atoms with Gasteiger partial charge in [-0.25, -0.2) is 0 Å². The van der Waals surface area contributed by atoms with Gasteiger partial charge in [-0.3, -0.25) is 4.99 Å². The van der Waals surface area contributed by atoms with Gasteiger partial charge in [0.25, 0.3) is 0 Å². The second-order valence-electron chi connectivity index (χ2n) is 4.85. The van der Waals surface area contributed by atoms with Crippen LogP contribution in [-0.2, 0) is 0 Å². The summed E-state index contributed by atoms with van der Waals surface area (Å²) in [6, 6.07) is 13.9. The lowest BCUT2D eigenvalue weighted by Gasteiger charge is -1.99. The number of hydrogen-bond acceptors (Lipinski definition) is 2. The molecule has 3 aromatic rings. The second-order valence-corrected chi connectivity index (χ2v) is 5.77. The Bertz CT molecular complexity index is 956. The molecule has 2 aromatic carbocycles. The van der Waals surface area contributed by atoms with Gasteiger partial charge in [0.05, 0.1) is 17.6 Å². The predicted octanol–water partition coefficient (Wildman–Crippen LogP) is 2.47. The normalized spacial score (nSPS) is 13.6. The Hall–Kier alpha value is -2.07. The molecule has 0 saturated heterocycles. The van der Waals surface area contributed by atoms with Crippen LogP contribution in [0.4, 0.5) is 0 Å². The van der Waals surface area contributed by atoms with Crippen molar-refractivity contribution in [2.75, 3.05) is 6.54 Å². The topological polar surface area (TPSA) is 48.4 Å². The van der Waals surface area contributed by atoms with Gasteiger partial charge in [0.1, 0.15) is 5.75 Å². The van der Waals surface area contributed by atoms with Crippen molar-refractivity contribution in [1.29, 1.82) is 0 Å². The highest BCUT2D eigenvalue weighted by Crippen LogP contribution is 2.34. The summed E-state index contributed by atoms with van der Waals surface area (Å²) in [6.45, 7) is 0.598. The van der Waals surface area contributed by atoms with Gasteiger partial charge in [-0.15, -0.1) is 0 Å². The third kappa shape index (κ3) is 1.61. The lowest BCUT2D eigenvalue weighted by molar-refractivity contribution is 0.479. The summed E-state index contributed by atoms with van der Waals surface area (Å²) in [5.41, 5.74) is 2.75. The smallest absolute Gasteiger partial charge is 0.148 e. The summed E-state index contributed by atoms with van der Waals surface area (Å²) >= 11 is 3.43. The Morgan fingerprint density at radius 2 is 2.00 bits per heavy atom. The van der Waals surface area contributed by atoms with Crippen LogP contribution in [0.25, 0.3) is 16.5 Å². The predicted molar refractivity (Wildman–Crippen MR) is 82.3 cm³/mol. The molecule has 2 N–H and O–H groups in total. The molecule has 0 amide bonds. The molecule has 1 aliphatic heterocycles. The van der Waals surface area contributed by atoms with Crippen LogP contribution in [0.3, 0.4) is 0 Å². The van der Waals surface area contributed by atoms with Crippen LogP contribution < -0.4 is 10.6 Å². The SMILES string of the molecule is Oc1c(C2=c3ccccc3=NC2)[nH]c2ccc(Br)cc12. The van der Waals surface area contributed by atoms with E-state index in [1.165, 1.54) is 0 Å². The minimum Gasteiger partial charge on any atom is -0.505 e. The zero-order valence-corrected chi connectivity index (χ0v) is 12.1. The van der Waals surface area contributed by atoms with Crippen LogP contribution in [-0.4, -0.2) is 16.6 Å². The zero-order valence-electron chi connectivity index (χ0n) is 10.5.